The molecule has 11 nitrogen and oxygen atoms in total. The molecule has 2 aromatic heterocycles. The van der Waals surface area contributed by atoms with Crippen LogP contribution in [0.2, 0.25) is 0 Å². The Kier molecular flexibility index (Phi) is 9.49. The fourth-order valence-electron chi connectivity index (χ4n) is 4.81. The van der Waals surface area contributed by atoms with E-state index in [0.717, 1.165) is 51.0 Å². The first kappa shape index (κ1) is 30.4. The smallest absolute Gasteiger partial charge is 0.121 e. The molecule has 1 aliphatic heterocycles. The molecule has 0 saturated carbocycles. The number of hydrogen-bond acceptors (Lipinski definition) is 9. The lowest BCUT2D eigenvalue weighted by atomic mass is 9.84. The zero-order chi connectivity index (χ0) is 31.1. The predicted molar refractivity (Wildman–Crippen MR) is 169 cm³/mol. The number of benzene rings is 3. The standard InChI is InChI=1S/C34H38N6O5/c1-34(2,3)27-19-25-18-26(20-27)33-24-40(38-36-33)29-7-5-9-31(22-29)45-17-15-43-13-11-41-10-12-42-14-16-44-30-8-4-6-28(21-30)39-23-32(25)35-37-39/h4-9,18-24H,10-17H2,1-3H3. The molecule has 0 atom stereocenters. The SMILES string of the molecule is CC(C)(C)c1cc2cc(c1)-c1cn(nn1)-c1cccc(c1)OCCOCCOCCOCCOc1cccc(c1)-n1cc-2nn1. The first-order valence-electron chi connectivity index (χ1n) is 15.1. The molecular weight excluding hydrogens is 572 g/mol. The van der Waals surface area contributed by atoms with E-state index >= 15 is 0 Å². The minimum atomic E-state index is -0.104. The van der Waals surface area contributed by atoms with Crippen LogP contribution in [0.4, 0.5) is 0 Å². The fraction of sp³-hybridized carbons (Fsp3) is 0.353. The van der Waals surface area contributed by atoms with Crippen molar-refractivity contribution in [1.82, 2.24) is 30.0 Å². The summed E-state index contributed by atoms with van der Waals surface area (Å²) in [5.41, 5.74) is 6.12. The lowest BCUT2D eigenvalue weighted by Gasteiger charge is -2.20. The van der Waals surface area contributed by atoms with Gasteiger partial charge in [-0.15, -0.1) is 10.2 Å². The van der Waals surface area contributed by atoms with Crippen molar-refractivity contribution >= 4 is 0 Å². The monoisotopic (exact) mass is 610 g/mol. The normalized spacial score (nSPS) is 15.3. The van der Waals surface area contributed by atoms with Gasteiger partial charge in [0.1, 0.15) is 36.1 Å². The van der Waals surface area contributed by atoms with Crippen LogP contribution in [0.25, 0.3) is 33.9 Å². The van der Waals surface area contributed by atoms with Crippen molar-refractivity contribution in [2.24, 2.45) is 0 Å². The molecule has 5 aromatic rings. The summed E-state index contributed by atoms with van der Waals surface area (Å²) in [6.07, 6.45) is 3.85. The zero-order valence-corrected chi connectivity index (χ0v) is 25.9. The minimum absolute atomic E-state index is 0.104. The number of fused-ring (bicyclic) bond motifs is 14. The summed E-state index contributed by atoms with van der Waals surface area (Å²) in [7, 11) is 0. The largest absolute Gasteiger partial charge is 0.491 e. The van der Waals surface area contributed by atoms with E-state index in [9.17, 15) is 0 Å². The van der Waals surface area contributed by atoms with Gasteiger partial charge in [-0.2, -0.15) is 0 Å². The molecule has 0 saturated heterocycles. The molecule has 0 fully saturated rings. The third-order valence-corrected chi connectivity index (χ3v) is 7.28. The number of rotatable bonds is 0. The summed E-state index contributed by atoms with van der Waals surface area (Å²) in [4.78, 5) is 0. The molecule has 0 unspecified atom stereocenters. The van der Waals surface area contributed by atoms with E-state index in [2.05, 4.69) is 59.6 Å². The molecular formula is C34H38N6O5. The molecule has 0 aliphatic carbocycles. The Labute approximate surface area is 262 Å². The van der Waals surface area contributed by atoms with Gasteiger partial charge >= 0.3 is 0 Å². The number of ether oxygens (including phenoxy) is 5. The minimum Gasteiger partial charge on any atom is -0.491 e. The Bertz CT molecular complexity index is 1600. The van der Waals surface area contributed by atoms with E-state index in [1.807, 2.05) is 60.9 Å². The lowest BCUT2D eigenvalue weighted by Crippen LogP contribution is -2.14. The highest BCUT2D eigenvalue weighted by atomic mass is 16.6. The molecule has 0 N–H and O–H groups in total. The van der Waals surface area contributed by atoms with Crippen molar-refractivity contribution in [1.29, 1.82) is 0 Å². The first-order valence-corrected chi connectivity index (χ1v) is 15.1. The van der Waals surface area contributed by atoms with E-state index in [1.54, 1.807) is 9.36 Å². The summed E-state index contributed by atoms with van der Waals surface area (Å²) in [5.74, 6) is 1.45. The number of aromatic nitrogens is 6. The van der Waals surface area contributed by atoms with Gasteiger partial charge in [0.25, 0.3) is 0 Å². The van der Waals surface area contributed by atoms with Gasteiger partial charge in [0.15, 0.2) is 0 Å². The molecule has 0 radical (unpaired) electrons. The maximum Gasteiger partial charge on any atom is 0.121 e. The Morgan fingerprint density at radius 3 is 1.44 bits per heavy atom. The molecule has 45 heavy (non-hydrogen) atoms. The zero-order valence-electron chi connectivity index (χ0n) is 25.9. The molecule has 6 rings (SSSR count). The summed E-state index contributed by atoms with van der Waals surface area (Å²) in [6, 6.07) is 21.9. The molecule has 0 amide bonds. The summed E-state index contributed by atoms with van der Waals surface area (Å²) in [5, 5.41) is 17.9. The second kappa shape index (κ2) is 14.0. The Hall–Kier alpha value is -4.58. The van der Waals surface area contributed by atoms with Crippen LogP contribution in [0.1, 0.15) is 26.3 Å². The second-order valence-electron chi connectivity index (χ2n) is 11.7. The van der Waals surface area contributed by atoms with Crippen LogP contribution in [-0.2, 0) is 19.6 Å². The third kappa shape index (κ3) is 7.93. The predicted octanol–water partition coefficient (Wildman–Crippen LogP) is 5.30. The van der Waals surface area contributed by atoms with Crippen molar-refractivity contribution in [2.45, 2.75) is 26.2 Å². The Balaban J connectivity index is 1.31. The molecule has 3 aromatic carbocycles. The topological polar surface area (TPSA) is 108 Å². The molecule has 0 spiro atoms. The van der Waals surface area contributed by atoms with Crippen LogP contribution in [0.3, 0.4) is 0 Å². The number of hydrogen-bond donors (Lipinski definition) is 0. The first-order chi connectivity index (χ1) is 21.9. The number of nitrogens with zero attached hydrogens (tertiary/aromatic N) is 6. The van der Waals surface area contributed by atoms with E-state index < -0.39 is 0 Å². The van der Waals surface area contributed by atoms with Crippen molar-refractivity contribution < 1.29 is 23.7 Å². The van der Waals surface area contributed by atoms with Crippen molar-refractivity contribution in [3.63, 3.8) is 0 Å². The van der Waals surface area contributed by atoms with Gasteiger partial charge in [0.05, 0.1) is 63.4 Å². The summed E-state index contributed by atoms with van der Waals surface area (Å²) >= 11 is 0. The van der Waals surface area contributed by atoms with Gasteiger partial charge in [-0.3, -0.25) is 0 Å². The van der Waals surface area contributed by atoms with Gasteiger partial charge in [-0.25, -0.2) is 9.36 Å². The average Bonchev–Trinajstić information content (AvgIpc) is 3.74. The van der Waals surface area contributed by atoms with Gasteiger partial charge in [-0.1, -0.05) is 43.3 Å². The molecule has 234 valence electrons. The van der Waals surface area contributed by atoms with Gasteiger partial charge < -0.3 is 23.7 Å². The van der Waals surface area contributed by atoms with Gasteiger partial charge in [0, 0.05) is 23.3 Å². The maximum atomic E-state index is 5.92. The fourth-order valence-corrected chi connectivity index (χ4v) is 4.81. The Morgan fingerprint density at radius 2 is 1.00 bits per heavy atom. The molecule has 11 heteroatoms. The van der Waals surface area contributed by atoms with Gasteiger partial charge in [-0.05, 0) is 53.4 Å². The van der Waals surface area contributed by atoms with E-state index in [0.29, 0.717) is 52.9 Å². The van der Waals surface area contributed by atoms with Crippen molar-refractivity contribution in [2.75, 3.05) is 52.9 Å². The van der Waals surface area contributed by atoms with Crippen molar-refractivity contribution in [3.05, 3.63) is 84.7 Å². The van der Waals surface area contributed by atoms with E-state index in [4.69, 9.17) is 23.7 Å². The summed E-state index contributed by atoms with van der Waals surface area (Å²) in [6.45, 7) is 10.3. The van der Waals surface area contributed by atoms with Crippen LogP contribution in [0.5, 0.6) is 11.5 Å². The lowest BCUT2D eigenvalue weighted by molar-refractivity contribution is 0.00499. The van der Waals surface area contributed by atoms with Crippen LogP contribution in [0.15, 0.2) is 79.1 Å². The van der Waals surface area contributed by atoms with E-state index in [1.165, 1.54) is 0 Å². The summed E-state index contributed by atoms with van der Waals surface area (Å²) < 4.78 is 32.2. The molecule has 3 heterocycles. The van der Waals surface area contributed by atoms with Gasteiger partial charge in [0.2, 0.25) is 0 Å². The molecule has 10 bridgehead atoms. The Morgan fingerprint density at radius 1 is 0.556 bits per heavy atom. The quantitative estimate of drug-likeness (QED) is 0.231. The highest BCUT2D eigenvalue weighted by molar-refractivity contribution is 5.71. The third-order valence-electron chi connectivity index (χ3n) is 7.28. The highest BCUT2D eigenvalue weighted by Gasteiger charge is 2.19. The van der Waals surface area contributed by atoms with Crippen LogP contribution in [-0.4, -0.2) is 82.8 Å². The second-order valence-corrected chi connectivity index (χ2v) is 11.7. The van der Waals surface area contributed by atoms with Crippen LogP contribution < -0.4 is 9.47 Å². The molecule has 1 aliphatic rings. The van der Waals surface area contributed by atoms with Crippen molar-refractivity contribution in [3.8, 4) is 45.4 Å². The highest BCUT2D eigenvalue weighted by Crippen LogP contribution is 2.33. The maximum absolute atomic E-state index is 5.92. The van der Waals surface area contributed by atoms with E-state index in [-0.39, 0.29) is 5.41 Å². The van der Waals surface area contributed by atoms with Crippen LogP contribution in [0, 0.1) is 0 Å². The van der Waals surface area contributed by atoms with Crippen LogP contribution >= 0.6 is 0 Å². The average molecular weight is 611 g/mol.